The molecule has 21 heavy (non-hydrogen) atoms. The number of amides is 1. The third kappa shape index (κ3) is 3.13. The third-order valence-corrected chi connectivity index (χ3v) is 5.12. The van der Waals surface area contributed by atoms with E-state index in [4.69, 9.17) is 0 Å². The Morgan fingerprint density at radius 2 is 2.00 bits per heavy atom. The van der Waals surface area contributed by atoms with Crippen molar-refractivity contribution >= 4 is 5.91 Å². The first kappa shape index (κ1) is 14.6. The average Bonchev–Trinajstić information content (AvgIpc) is 3.09. The van der Waals surface area contributed by atoms with E-state index in [0.29, 0.717) is 6.04 Å². The molecule has 1 amide bonds. The van der Waals surface area contributed by atoms with E-state index in [-0.39, 0.29) is 5.91 Å². The van der Waals surface area contributed by atoms with Gasteiger partial charge in [-0.15, -0.1) is 0 Å². The Morgan fingerprint density at radius 1 is 1.24 bits per heavy atom. The maximum atomic E-state index is 12.7. The molecule has 0 saturated carbocycles. The number of nitrogens with one attached hydrogen (secondary N) is 1. The van der Waals surface area contributed by atoms with Crippen LogP contribution in [0.4, 0.5) is 0 Å². The molecule has 0 radical (unpaired) electrons. The highest BCUT2D eigenvalue weighted by molar-refractivity contribution is 5.95. The molecular formula is C18H26N2O. The summed E-state index contributed by atoms with van der Waals surface area (Å²) in [6.45, 7) is 5.12. The summed E-state index contributed by atoms with van der Waals surface area (Å²) in [5.41, 5.74) is 2.07. The van der Waals surface area contributed by atoms with Crippen molar-refractivity contribution in [2.45, 2.75) is 45.1 Å². The van der Waals surface area contributed by atoms with Gasteiger partial charge in [-0.25, -0.2) is 0 Å². The van der Waals surface area contributed by atoms with Crippen LogP contribution in [0, 0.1) is 5.92 Å². The fourth-order valence-electron chi connectivity index (χ4n) is 3.83. The van der Waals surface area contributed by atoms with Gasteiger partial charge in [-0.2, -0.15) is 0 Å². The maximum Gasteiger partial charge on any atom is 0.254 e. The quantitative estimate of drug-likeness (QED) is 0.926. The fourth-order valence-corrected chi connectivity index (χ4v) is 3.83. The SMILES string of the molecule is CCc1ccccc1C(=O)N1CCC(C2CCCN2)CC1. The normalized spacial score (nSPS) is 23.5. The second-order valence-corrected chi connectivity index (χ2v) is 6.34. The third-order valence-electron chi connectivity index (χ3n) is 5.12. The highest BCUT2D eigenvalue weighted by Crippen LogP contribution is 2.26. The smallest absolute Gasteiger partial charge is 0.254 e. The molecular weight excluding hydrogens is 260 g/mol. The van der Waals surface area contributed by atoms with Crippen LogP contribution in [0.15, 0.2) is 24.3 Å². The van der Waals surface area contributed by atoms with Crippen molar-refractivity contribution in [1.82, 2.24) is 10.2 Å². The zero-order chi connectivity index (χ0) is 14.7. The molecule has 114 valence electrons. The predicted molar refractivity (Wildman–Crippen MR) is 85.5 cm³/mol. The van der Waals surface area contributed by atoms with Gasteiger partial charge in [0.2, 0.25) is 0 Å². The molecule has 1 N–H and O–H groups in total. The molecule has 2 heterocycles. The van der Waals surface area contributed by atoms with Crippen molar-refractivity contribution in [2.75, 3.05) is 19.6 Å². The van der Waals surface area contributed by atoms with Crippen LogP contribution in [0.5, 0.6) is 0 Å². The number of aryl methyl sites for hydroxylation is 1. The van der Waals surface area contributed by atoms with Gasteiger partial charge in [0.05, 0.1) is 0 Å². The first-order valence-electron chi connectivity index (χ1n) is 8.40. The lowest BCUT2D eigenvalue weighted by Crippen LogP contribution is -2.43. The van der Waals surface area contributed by atoms with Crippen LogP contribution < -0.4 is 5.32 Å². The summed E-state index contributed by atoms with van der Waals surface area (Å²) in [7, 11) is 0. The molecule has 1 unspecified atom stereocenters. The van der Waals surface area contributed by atoms with Crippen LogP contribution in [0.25, 0.3) is 0 Å². The van der Waals surface area contributed by atoms with Gasteiger partial charge in [0, 0.05) is 24.7 Å². The van der Waals surface area contributed by atoms with Crippen molar-refractivity contribution < 1.29 is 4.79 Å². The number of hydrogen-bond acceptors (Lipinski definition) is 2. The summed E-state index contributed by atoms with van der Waals surface area (Å²) >= 11 is 0. The molecule has 2 fully saturated rings. The van der Waals surface area contributed by atoms with Crippen molar-refractivity contribution in [2.24, 2.45) is 5.92 Å². The van der Waals surface area contributed by atoms with Crippen molar-refractivity contribution in [3.8, 4) is 0 Å². The number of rotatable bonds is 3. The Labute approximate surface area is 127 Å². The molecule has 3 heteroatoms. The number of benzene rings is 1. The zero-order valence-electron chi connectivity index (χ0n) is 13.0. The molecule has 1 aromatic rings. The Bertz CT molecular complexity index is 486. The summed E-state index contributed by atoms with van der Waals surface area (Å²) in [6.07, 6.45) is 5.85. The van der Waals surface area contributed by atoms with E-state index in [0.717, 1.165) is 43.8 Å². The van der Waals surface area contributed by atoms with Gasteiger partial charge >= 0.3 is 0 Å². The molecule has 3 nitrogen and oxygen atoms in total. The minimum atomic E-state index is 0.227. The van der Waals surface area contributed by atoms with Crippen molar-refractivity contribution in [3.63, 3.8) is 0 Å². The van der Waals surface area contributed by atoms with Crippen LogP contribution >= 0.6 is 0 Å². The Morgan fingerprint density at radius 3 is 2.67 bits per heavy atom. The number of nitrogens with zero attached hydrogens (tertiary/aromatic N) is 1. The maximum absolute atomic E-state index is 12.7. The number of carbonyl (C=O) groups is 1. The Balaban J connectivity index is 1.62. The minimum absolute atomic E-state index is 0.227. The first-order valence-corrected chi connectivity index (χ1v) is 8.40. The van der Waals surface area contributed by atoms with Crippen molar-refractivity contribution in [1.29, 1.82) is 0 Å². The summed E-state index contributed by atoms with van der Waals surface area (Å²) in [5.74, 6) is 0.989. The topological polar surface area (TPSA) is 32.3 Å². The second-order valence-electron chi connectivity index (χ2n) is 6.34. The van der Waals surface area contributed by atoms with Crippen LogP contribution in [0.2, 0.25) is 0 Å². The standard InChI is InChI=1S/C18H26N2O/c1-2-14-6-3-4-7-16(14)18(21)20-12-9-15(10-13-20)17-8-5-11-19-17/h3-4,6-7,15,17,19H,2,5,8-13H2,1H3. The van der Waals surface area contributed by atoms with Crippen LogP contribution in [0.1, 0.15) is 48.5 Å². The van der Waals surface area contributed by atoms with Gasteiger partial charge in [-0.05, 0) is 56.2 Å². The highest BCUT2D eigenvalue weighted by atomic mass is 16.2. The van der Waals surface area contributed by atoms with Gasteiger partial charge in [-0.3, -0.25) is 4.79 Å². The van der Waals surface area contributed by atoms with E-state index in [1.807, 2.05) is 18.2 Å². The van der Waals surface area contributed by atoms with E-state index < -0.39 is 0 Å². The van der Waals surface area contributed by atoms with E-state index in [9.17, 15) is 4.79 Å². The van der Waals surface area contributed by atoms with Crippen LogP contribution in [0.3, 0.4) is 0 Å². The lowest BCUT2D eigenvalue weighted by atomic mass is 9.88. The van der Waals surface area contributed by atoms with Crippen LogP contribution in [-0.2, 0) is 6.42 Å². The molecule has 0 spiro atoms. The van der Waals surface area contributed by atoms with Gasteiger partial charge in [0.1, 0.15) is 0 Å². The average molecular weight is 286 g/mol. The molecule has 0 aromatic heterocycles. The van der Waals surface area contributed by atoms with Gasteiger partial charge < -0.3 is 10.2 Å². The Kier molecular flexibility index (Phi) is 4.59. The molecule has 0 aliphatic carbocycles. The number of hydrogen-bond donors (Lipinski definition) is 1. The fraction of sp³-hybridized carbons (Fsp3) is 0.611. The lowest BCUT2D eigenvalue weighted by molar-refractivity contribution is 0.0673. The number of likely N-dealkylation sites (tertiary alicyclic amines) is 1. The molecule has 2 aliphatic heterocycles. The van der Waals surface area contributed by atoms with Gasteiger partial charge in [0.25, 0.3) is 5.91 Å². The highest BCUT2D eigenvalue weighted by Gasteiger charge is 2.30. The van der Waals surface area contributed by atoms with Gasteiger partial charge in [0.15, 0.2) is 0 Å². The largest absolute Gasteiger partial charge is 0.339 e. The molecule has 2 saturated heterocycles. The molecule has 0 bridgehead atoms. The minimum Gasteiger partial charge on any atom is -0.339 e. The number of piperidine rings is 1. The molecule has 1 atom stereocenters. The second kappa shape index (κ2) is 6.61. The van der Waals surface area contributed by atoms with Crippen LogP contribution in [-0.4, -0.2) is 36.5 Å². The Hall–Kier alpha value is -1.35. The monoisotopic (exact) mass is 286 g/mol. The molecule has 3 rings (SSSR count). The van der Waals surface area contributed by atoms with E-state index >= 15 is 0 Å². The first-order chi connectivity index (χ1) is 10.3. The summed E-state index contributed by atoms with van der Waals surface area (Å²) < 4.78 is 0. The number of carbonyl (C=O) groups excluding carboxylic acids is 1. The summed E-state index contributed by atoms with van der Waals surface area (Å²) in [4.78, 5) is 14.8. The molecule has 2 aliphatic rings. The van der Waals surface area contributed by atoms with E-state index in [2.05, 4.69) is 23.2 Å². The zero-order valence-corrected chi connectivity index (χ0v) is 13.0. The summed E-state index contributed by atoms with van der Waals surface area (Å²) in [5, 5.41) is 3.62. The van der Waals surface area contributed by atoms with E-state index in [1.165, 1.54) is 24.9 Å². The van der Waals surface area contributed by atoms with Crippen molar-refractivity contribution in [3.05, 3.63) is 35.4 Å². The summed E-state index contributed by atoms with van der Waals surface area (Å²) in [6, 6.07) is 8.74. The predicted octanol–water partition coefficient (Wildman–Crippen LogP) is 2.85. The van der Waals surface area contributed by atoms with E-state index in [1.54, 1.807) is 0 Å². The lowest BCUT2D eigenvalue weighted by Gasteiger charge is -2.35. The molecule has 1 aromatic carbocycles. The van der Waals surface area contributed by atoms with Gasteiger partial charge in [-0.1, -0.05) is 25.1 Å².